The van der Waals surface area contributed by atoms with Gasteiger partial charge in [-0.25, -0.2) is 0 Å². The predicted octanol–water partition coefficient (Wildman–Crippen LogP) is 3.09. The highest BCUT2D eigenvalue weighted by atomic mass is 127. The Bertz CT molecular complexity index is 519. The van der Waals surface area contributed by atoms with E-state index < -0.39 is 6.10 Å². The SMILES string of the molecule is CCn1nc(C)cc1CC(O)c1ccc(I)cc1. The number of halogens is 1. The van der Waals surface area contributed by atoms with Crippen molar-refractivity contribution in [1.29, 1.82) is 0 Å². The number of aryl methyl sites for hydroxylation is 2. The van der Waals surface area contributed by atoms with E-state index >= 15 is 0 Å². The summed E-state index contributed by atoms with van der Waals surface area (Å²) in [5.74, 6) is 0. The summed E-state index contributed by atoms with van der Waals surface area (Å²) < 4.78 is 3.13. The third-order valence-corrected chi connectivity index (χ3v) is 3.66. The van der Waals surface area contributed by atoms with E-state index in [4.69, 9.17) is 0 Å². The number of aromatic nitrogens is 2. The van der Waals surface area contributed by atoms with Crippen LogP contribution in [0.5, 0.6) is 0 Å². The molecule has 0 saturated heterocycles. The number of aliphatic hydroxyl groups excluding tert-OH is 1. The zero-order chi connectivity index (χ0) is 13.1. The van der Waals surface area contributed by atoms with Gasteiger partial charge in [0, 0.05) is 22.2 Å². The molecule has 1 atom stereocenters. The van der Waals surface area contributed by atoms with Crippen molar-refractivity contribution in [1.82, 2.24) is 9.78 Å². The largest absolute Gasteiger partial charge is 0.388 e. The molecular weight excluding hydrogens is 339 g/mol. The van der Waals surface area contributed by atoms with E-state index in [2.05, 4.69) is 34.6 Å². The van der Waals surface area contributed by atoms with Crippen LogP contribution in [0.15, 0.2) is 30.3 Å². The molecule has 0 bridgehead atoms. The Balaban J connectivity index is 2.15. The molecule has 0 aliphatic heterocycles. The van der Waals surface area contributed by atoms with E-state index in [0.717, 1.165) is 23.5 Å². The monoisotopic (exact) mass is 356 g/mol. The number of nitrogens with zero attached hydrogens (tertiary/aromatic N) is 2. The average Bonchev–Trinajstić information content (AvgIpc) is 2.70. The first-order valence-corrected chi connectivity index (χ1v) is 7.15. The van der Waals surface area contributed by atoms with Gasteiger partial charge < -0.3 is 5.11 Å². The Kier molecular flexibility index (Phi) is 4.40. The van der Waals surface area contributed by atoms with E-state index in [0.29, 0.717) is 6.42 Å². The fourth-order valence-corrected chi connectivity index (χ4v) is 2.40. The summed E-state index contributed by atoms with van der Waals surface area (Å²) >= 11 is 2.26. The highest BCUT2D eigenvalue weighted by molar-refractivity contribution is 14.1. The predicted molar refractivity (Wildman–Crippen MR) is 80.5 cm³/mol. The van der Waals surface area contributed by atoms with Crippen molar-refractivity contribution in [2.45, 2.75) is 32.9 Å². The van der Waals surface area contributed by atoms with Gasteiger partial charge >= 0.3 is 0 Å². The van der Waals surface area contributed by atoms with Gasteiger partial charge in [0.1, 0.15) is 0 Å². The number of rotatable bonds is 4. The van der Waals surface area contributed by atoms with Crippen molar-refractivity contribution >= 4 is 22.6 Å². The highest BCUT2D eigenvalue weighted by Crippen LogP contribution is 2.20. The molecule has 0 amide bonds. The third kappa shape index (κ3) is 3.11. The van der Waals surface area contributed by atoms with Crippen molar-refractivity contribution in [2.24, 2.45) is 0 Å². The Labute approximate surface area is 121 Å². The molecule has 0 spiro atoms. The summed E-state index contributed by atoms with van der Waals surface area (Å²) in [6.07, 6.45) is 0.137. The maximum atomic E-state index is 10.3. The lowest BCUT2D eigenvalue weighted by Gasteiger charge is -2.12. The van der Waals surface area contributed by atoms with Crippen LogP contribution in [0.2, 0.25) is 0 Å². The van der Waals surface area contributed by atoms with Crippen molar-refractivity contribution in [3.63, 3.8) is 0 Å². The van der Waals surface area contributed by atoms with Crippen LogP contribution in [-0.2, 0) is 13.0 Å². The molecule has 1 aromatic heterocycles. The van der Waals surface area contributed by atoms with Gasteiger partial charge in [-0.05, 0) is 60.2 Å². The lowest BCUT2D eigenvalue weighted by atomic mass is 10.0. The fourth-order valence-electron chi connectivity index (χ4n) is 2.04. The number of hydrogen-bond acceptors (Lipinski definition) is 2. The van der Waals surface area contributed by atoms with Crippen LogP contribution in [0.25, 0.3) is 0 Å². The van der Waals surface area contributed by atoms with Crippen LogP contribution < -0.4 is 0 Å². The molecule has 1 unspecified atom stereocenters. The van der Waals surface area contributed by atoms with Crippen LogP contribution in [0.1, 0.15) is 30.0 Å². The highest BCUT2D eigenvalue weighted by Gasteiger charge is 2.12. The van der Waals surface area contributed by atoms with Gasteiger partial charge in [-0.3, -0.25) is 4.68 Å². The van der Waals surface area contributed by atoms with Crippen LogP contribution >= 0.6 is 22.6 Å². The smallest absolute Gasteiger partial charge is 0.0845 e. The number of benzene rings is 1. The number of aliphatic hydroxyl groups is 1. The molecule has 0 saturated carbocycles. The van der Waals surface area contributed by atoms with Gasteiger partial charge in [-0.15, -0.1) is 0 Å². The standard InChI is InChI=1S/C14H17IN2O/c1-3-17-13(8-10(2)16-17)9-14(18)11-4-6-12(15)7-5-11/h4-8,14,18H,3,9H2,1-2H3. The van der Waals surface area contributed by atoms with Gasteiger partial charge in [-0.2, -0.15) is 5.10 Å². The molecule has 2 rings (SSSR count). The summed E-state index contributed by atoms with van der Waals surface area (Å²) in [5.41, 5.74) is 3.04. The first-order valence-electron chi connectivity index (χ1n) is 6.07. The molecule has 2 aromatic rings. The van der Waals surface area contributed by atoms with Gasteiger partial charge in [0.05, 0.1) is 11.8 Å². The van der Waals surface area contributed by atoms with Crippen LogP contribution in [0, 0.1) is 10.5 Å². The molecule has 18 heavy (non-hydrogen) atoms. The van der Waals surface area contributed by atoms with Gasteiger partial charge in [0.15, 0.2) is 0 Å². The molecule has 0 fully saturated rings. The van der Waals surface area contributed by atoms with E-state index in [1.165, 1.54) is 3.57 Å². The van der Waals surface area contributed by atoms with Crippen molar-refractivity contribution in [3.05, 3.63) is 50.9 Å². The summed E-state index contributed by atoms with van der Waals surface area (Å²) in [6, 6.07) is 10.0. The Morgan fingerprint density at radius 1 is 1.33 bits per heavy atom. The zero-order valence-electron chi connectivity index (χ0n) is 10.6. The van der Waals surface area contributed by atoms with Gasteiger partial charge in [0.25, 0.3) is 0 Å². The molecule has 0 aliphatic rings. The quantitative estimate of drug-likeness (QED) is 0.855. The van der Waals surface area contributed by atoms with E-state index in [9.17, 15) is 5.11 Å². The first-order chi connectivity index (χ1) is 8.60. The Morgan fingerprint density at radius 2 is 2.00 bits per heavy atom. The maximum absolute atomic E-state index is 10.3. The van der Waals surface area contributed by atoms with E-state index in [-0.39, 0.29) is 0 Å². The zero-order valence-corrected chi connectivity index (χ0v) is 12.8. The van der Waals surface area contributed by atoms with Crippen molar-refractivity contribution in [3.8, 4) is 0 Å². The molecule has 1 N–H and O–H groups in total. The minimum atomic E-state index is -0.469. The molecule has 96 valence electrons. The first kappa shape index (κ1) is 13.5. The Morgan fingerprint density at radius 3 is 2.61 bits per heavy atom. The lowest BCUT2D eigenvalue weighted by Crippen LogP contribution is -2.08. The van der Waals surface area contributed by atoms with Crippen LogP contribution in [-0.4, -0.2) is 14.9 Å². The van der Waals surface area contributed by atoms with Gasteiger partial charge in [0.2, 0.25) is 0 Å². The minimum Gasteiger partial charge on any atom is -0.388 e. The topological polar surface area (TPSA) is 38.0 Å². The second kappa shape index (κ2) is 5.84. The normalized spacial score (nSPS) is 12.7. The number of hydrogen-bond donors (Lipinski definition) is 1. The maximum Gasteiger partial charge on any atom is 0.0845 e. The summed E-state index contributed by atoms with van der Waals surface area (Å²) in [6.45, 7) is 4.88. The summed E-state index contributed by atoms with van der Waals surface area (Å²) in [5, 5.41) is 14.6. The fraction of sp³-hybridized carbons (Fsp3) is 0.357. The molecule has 0 aliphatic carbocycles. The second-order valence-electron chi connectivity index (χ2n) is 4.36. The molecule has 0 radical (unpaired) electrons. The molecule has 1 aromatic carbocycles. The third-order valence-electron chi connectivity index (χ3n) is 2.94. The van der Waals surface area contributed by atoms with Crippen LogP contribution in [0.3, 0.4) is 0 Å². The molecular formula is C14H17IN2O. The van der Waals surface area contributed by atoms with Gasteiger partial charge in [-0.1, -0.05) is 12.1 Å². The molecule has 3 nitrogen and oxygen atoms in total. The van der Waals surface area contributed by atoms with Crippen molar-refractivity contribution < 1.29 is 5.11 Å². The van der Waals surface area contributed by atoms with E-state index in [1.54, 1.807) is 0 Å². The molecule has 4 heteroatoms. The summed E-state index contributed by atoms with van der Waals surface area (Å²) in [4.78, 5) is 0. The average molecular weight is 356 g/mol. The van der Waals surface area contributed by atoms with Crippen molar-refractivity contribution in [2.75, 3.05) is 0 Å². The van der Waals surface area contributed by atoms with E-state index in [1.807, 2.05) is 41.9 Å². The minimum absolute atomic E-state index is 0.469. The summed E-state index contributed by atoms with van der Waals surface area (Å²) in [7, 11) is 0. The van der Waals surface area contributed by atoms with Crippen LogP contribution in [0.4, 0.5) is 0 Å². The Hall–Kier alpha value is -0.880. The lowest BCUT2D eigenvalue weighted by molar-refractivity contribution is 0.175. The molecule has 1 heterocycles. The second-order valence-corrected chi connectivity index (χ2v) is 5.61.